The van der Waals surface area contributed by atoms with Crippen LogP contribution in [-0.2, 0) is 0 Å². The molecule has 0 N–H and O–H groups in total. The van der Waals surface area contributed by atoms with Gasteiger partial charge in [-0.05, 0) is 121 Å². The second kappa shape index (κ2) is 8.65. The first kappa shape index (κ1) is 24.1. The Labute approximate surface area is 196 Å². The van der Waals surface area contributed by atoms with E-state index in [1.165, 1.54) is 38.5 Å². The Hall–Kier alpha value is 0. The number of fused-ring (bicyclic) bond motifs is 5. The monoisotopic (exact) mass is 428 g/mol. The molecule has 31 heavy (non-hydrogen) atoms. The smallest absolute Gasteiger partial charge is 0.0264 e. The van der Waals surface area contributed by atoms with Crippen LogP contribution in [0.5, 0.6) is 0 Å². The van der Waals surface area contributed by atoms with E-state index in [2.05, 4.69) is 55.4 Å². The van der Waals surface area contributed by atoms with Gasteiger partial charge in [-0.25, -0.2) is 0 Å². The Balaban J connectivity index is 1.45. The lowest BCUT2D eigenvalue weighted by Crippen LogP contribution is -2.54. The maximum Gasteiger partial charge on any atom is -0.0264 e. The number of hydrogen-bond acceptors (Lipinski definition) is 0. The van der Waals surface area contributed by atoms with E-state index in [0.717, 1.165) is 47.3 Å². The van der Waals surface area contributed by atoms with Crippen molar-refractivity contribution in [2.24, 2.45) is 63.6 Å². The quantitative estimate of drug-likeness (QED) is 0.408. The van der Waals surface area contributed by atoms with Crippen molar-refractivity contribution >= 4 is 0 Å². The fourth-order valence-electron chi connectivity index (χ4n) is 10.1. The summed E-state index contributed by atoms with van der Waals surface area (Å²) >= 11 is 0. The summed E-state index contributed by atoms with van der Waals surface area (Å²) in [6.07, 6.45) is 18.2. The predicted molar refractivity (Wildman–Crippen MR) is 136 cm³/mol. The standard InChI is InChI=1S/C31H56/c1-21(2)10-9-11-22(3)26-14-15-27-25-13-12-24-20-23(29(4,5)6)16-18-30(24,7)28(25)17-19-31(26,27)8/h21-28H,9-20H2,1-8H3/t22-,23+,24?,25?,26-,27?,28?,30+,31-/m1/s1. The van der Waals surface area contributed by atoms with Crippen LogP contribution in [0.2, 0.25) is 0 Å². The van der Waals surface area contributed by atoms with Crippen LogP contribution in [0.1, 0.15) is 132 Å². The molecule has 0 amide bonds. The second-order valence-corrected chi connectivity index (χ2v) is 15.0. The molecule has 9 atom stereocenters. The molecule has 0 aromatic heterocycles. The van der Waals surface area contributed by atoms with Crippen LogP contribution in [-0.4, -0.2) is 0 Å². The van der Waals surface area contributed by atoms with Crippen LogP contribution >= 0.6 is 0 Å². The Kier molecular flexibility index (Phi) is 6.74. The molecule has 0 nitrogen and oxygen atoms in total. The molecular formula is C31H56. The largest absolute Gasteiger partial charge is 0.0628 e. The summed E-state index contributed by atoms with van der Waals surface area (Å²) in [5.74, 6) is 7.94. The van der Waals surface area contributed by atoms with Crippen molar-refractivity contribution in [3.05, 3.63) is 0 Å². The van der Waals surface area contributed by atoms with Crippen LogP contribution in [0.4, 0.5) is 0 Å². The maximum atomic E-state index is 2.76. The van der Waals surface area contributed by atoms with Crippen molar-refractivity contribution < 1.29 is 0 Å². The van der Waals surface area contributed by atoms with Gasteiger partial charge in [-0.1, -0.05) is 74.7 Å². The van der Waals surface area contributed by atoms with Crippen molar-refractivity contribution in [1.82, 2.24) is 0 Å². The lowest BCUT2D eigenvalue weighted by Gasteiger charge is -2.62. The van der Waals surface area contributed by atoms with E-state index in [-0.39, 0.29) is 0 Å². The second-order valence-electron chi connectivity index (χ2n) is 15.0. The summed E-state index contributed by atoms with van der Waals surface area (Å²) < 4.78 is 0. The summed E-state index contributed by atoms with van der Waals surface area (Å²) in [5, 5.41) is 0. The van der Waals surface area contributed by atoms with Gasteiger partial charge in [0.05, 0.1) is 0 Å². The van der Waals surface area contributed by atoms with Crippen LogP contribution in [0.15, 0.2) is 0 Å². The number of rotatable bonds is 5. The van der Waals surface area contributed by atoms with Crippen molar-refractivity contribution in [2.45, 2.75) is 132 Å². The highest BCUT2D eigenvalue weighted by atomic mass is 14.7. The van der Waals surface area contributed by atoms with Gasteiger partial charge in [0.15, 0.2) is 0 Å². The van der Waals surface area contributed by atoms with Crippen LogP contribution in [0, 0.1) is 63.6 Å². The van der Waals surface area contributed by atoms with Gasteiger partial charge in [-0.3, -0.25) is 0 Å². The lowest BCUT2D eigenvalue weighted by atomic mass is 9.43. The minimum Gasteiger partial charge on any atom is -0.0628 e. The molecule has 0 heteroatoms. The van der Waals surface area contributed by atoms with Crippen molar-refractivity contribution in [1.29, 1.82) is 0 Å². The van der Waals surface area contributed by atoms with E-state index in [9.17, 15) is 0 Å². The summed E-state index contributed by atoms with van der Waals surface area (Å²) in [6, 6.07) is 0. The van der Waals surface area contributed by atoms with Gasteiger partial charge in [0.2, 0.25) is 0 Å². The molecule has 0 aromatic carbocycles. The van der Waals surface area contributed by atoms with Gasteiger partial charge < -0.3 is 0 Å². The van der Waals surface area contributed by atoms with Crippen molar-refractivity contribution in [3.8, 4) is 0 Å². The molecule has 4 unspecified atom stereocenters. The van der Waals surface area contributed by atoms with E-state index in [0.29, 0.717) is 16.2 Å². The molecule has 4 saturated carbocycles. The maximum absolute atomic E-state index is 2.76. The van der Waals surface area contributed by atoms with E-state index in [1.807, 2.05) is 0 Å². The Morgan fingerprint density at radius 2 is 1.45 bits per heavy atom. The SMILES string of the molecule is CC(C)CCC[C@@H](C)[C@H]1CCC2C3CCC4C[C@@H](C(C)(C)C)CC[C@]4(C)C3CC[C@@]21C. The Morgan fingerprint density at radius 3 is 2.13 bits per heavy atom. The van der Waals surface area contributed by atoms with Crippen LogP contribution in [0.25, 0.3) is 0 Å². The summed E-state index contributed by atoms with van der Waals surface area (Å²) in [7, 11) is 0. The third-order valence-corrected chi connectivity index (χ3v) is 12.1. The summed E-state index contributed by atoms with van der Waals surface area (Å²) in [6.45, 7) is 20.4. The molecule has 4 aliphatic carbocycles. The van der Waals surface area contributed by atoms with E-state index >= 15 is 0 Å². The molecule has 4 fully saturated rings. The highest BCUT2D eigenvalue weighted by molar-refractivity contribution is 5.10. The van der Waals surface area contributed by atoms with E-state index < -0.39 is 0 Å². The van der Waals surface area contributed by atoms with Gasteiger partial charge in [0.25, 0.3) is 0 Å². The molecule has 0 radical (unpaired) electrons. The van der Waals surface area contributed by atoms with Gasteiger partial charge in [0, 0.05) is 0 Å². The first-order chi connectivity index (χ1) is 14.5. The fourth-order valence-corrected chi connectivity index (χ4v) is 10.1. The van der Waals surface area contributed by atoms with Gasteiger partial charge >= 0.3 is 0 Å². The fraction of sp³-hybridized carbons (Fsp3) is 1.00. The first-order valence-corrected chi connectivity index (χ1v) is 14.5. The zero-order valence-electron chi connectivity index (χ0n) is 22.6. The predicted octanol–water partition coefficient (Wildman–Crippen LogP) is 9.77. The highest BCUT2D eigenvalue weighted by Crippen LogP contribution is 2.69. The molecule has 0 spiro atoms. The molecule has 0 aromatic rings. The minimum absolute atomic E-state index is 0.508. The summed E-state index contributed by atoms with van der Waals surface area (Å²) in [5.41, 5.74) is 1.82. The molecule has 4 rings (SSSR count). The third-order valence-electron chi connectivity index (χ3n) is 12.1. The molecule has 4 aliphatic rings. The normalized spacial score (nSPS) is 46.4. The van der Waals surface area contributed by atoms with Crippen LogP contribution in [0.3, 0.4) is 0 Å². The Bertz CT molecular complexity index is 610. The zero-order chi connectivity index (χ0) is 22.6. The first-order valence-electron chi connectivity index (χ1n) is 14.5. The molecular weight excluding hydrogens is 372 g/mol. The van der Waals surface area contributed by atoms with E-state index in [1.54, 1.807) is 38.5 Å². The van der Waals surface area contributed by atoms with Gasteiger partial charge in [-0.15, -0.1) is 0 Å². The zero-order valence-corrected chi connectivity index (χ0v) is 22.6. The molecule has 0 bridgehead atoms. The Morgan fingerprint density at radius 1 is 0.774 bits per heavy atom. The molecule has 180 valence electrons. The topological polar surface area (TPSA) is 0 Å². The van der Waals surface area contributed by atoms with Crippen molar-refractivity contribution in [3.63, 3.8) is 0 Å². The average molecular weight is 429 g/mol. The van der Waals surface area contributed by atoms with Crippen LogP contribution < -0.4 is 0 Å². The van der Waals surface area contributed by atoms with E-state index in [4.69, 9.17) is 0 Å². The molecule has 0 saturated heterocycles. The van der Waals surface area contributed by atoms with Gasteiger partial charge in [0.1, 0.15) is 0 Å². The third kappa shape index (κ3) is 4.30. The number of hydrogen-bond donors (Lipinski definition) is 0. The van der Waals surface area contributed by atoms with Crippen molar-refractivity contribution in [2.75, 3.05) is 0 Å². The molecule has 0 heterocycles. The average Bonchev–Trinajstić information content (AvgIpc) is 3.03. The lowest BCUT2D eigenvalue weighted by molar-refractivity contribution is -0.127. The van der Waals surface area contributed by atoms with Gasteiger partial charge in [-0.2, -0.15) is 0 Å². The molecule has 0 aliphatic heterocycles. The summed E-state index contributed by atoms with van der Waals surface area (Å²) in [4.78, 5) is 0. The minimum atomic E-state index is 0.508. The highest BCUT2D eigenvalue weighted by Gasteiger charge is 2.60.